The van der Waals surface area contributed by atoms with E-state index in [4.69, 9.17) is 0 Å². The maximum absolute atomic E-state index is 12.2. The number of aryl methyl sites for hydroxylation is 1. The molecule has 0 saturated carbocycles. The van der Waals surface area contributed by atoms with E-state index in [0.717, 1.165) is 15.0 Å². The fourth-order valence-corrected chi connectivity index (χ4v) is 3.87. The number of hydrogen-bond acceptors (Lipinski definition) is 5. The van der Waals surface area contributed by atoms with Gasteiger partial charge in [-0.2, -0.15) is 11.3 Å². The summed E-state index contributed by atoms with van der Waals surface area (Å²) in [7, 11) is 0. The highest BCUT2D eigenvalue weighted by molar-refractivity contribution is 9.10. The topological polar surface area (TPSA) is 86.9 Å². The van der Waals surface area contributed by atoms with E-state index in [1.807, 2.05) is 16.8 Å². The second-order valence-electron chi connectivity index (χ2n) is 4.59. The van der Waals surface area contributed by atoms with Crippen molar-refractivity contribution in [2.24, 2.45) is 0 Å². The number of thiophene rings is 1. The first-order valence-corrected chi connectivity index (χ1v) is 9.04. The first-order valence-electron chi connectivity index (χ1n) is 6.49. The molecule has 23 heavy (non-hydrogen) atoms. The molecule has 3 aromatic rings. The molecule has 3 N–H and O–H groups in total. The normalized spacial score (nSPS) is 10.5. The lowest BCUT2D eigenvalue weighted by molar-refractivity contribution is 0.0846. The number of halogens is 1. The lowest BCUT2D eigenvalue weighted by Gasteiger charge is -2.05. The van der Waals surface area contributed by atoms with Crippen LogP contribution in [0.2, 0.25) is 0 Å². The molecule has 0 aromatic carbocycles. The maximum atomic E-state index is 12.2. The fourth-order valence-electron chi connectivity index (χ4n) is 1.85. The third-order valence-corrected chi connectivity index (χ3v) is 5.30. The number of nitrogens with one attached hydrogen (secondary N) is 3. The minimum Gasteiger partial charge on any atom is -0.356 e. The van der Waals surface area contributed by atoms with Crippen molar-refractivity contribution in [2.45, 2.75) is 6.92 Å². The number of hydrazine groups is 1. The van der Waals surface area contributed by atoms with Crippen molar-refractivity contribution in [1.29, 1.82) is 0 Å². The predicted molar refractivity (Wildman–Crippen MR) is 93.6 cm³/mol. The SMILES string of the molecule is Cc1nc(-c2ccsc2)sc1C(=O)NNC(=O)c1cc(Br)c[nH]1. The molecule has 6 nitrogen and oxygen atoms in total. The van der Waals surface area contributed by atoms with Crippen LogP contribution in [0.1, 0.15) is 25.9 Å². The van der Waals surface area contributed by atoms with Crippen molar-refractivity contribution in [1.82, 2.24) is 20.8 Å². The van der Waals surface area contributed by atoms with Gasteiger partial charge in [-0.05, 0) is 40.4 Å². The van der Waals surface area contributed by atoms with Gasteiger partial charge in [-0.15, -0.1) is 11.3 Å². The Hall–Kier alpha value is -1.97. The van der Waals surface area contributed by atoms with Gasteiger partial charge in [-0.1, -0.05) is 0 Å². The van der Waals surface area contributed by atoms with Crippen LogP contribution in [0.25, 0.3) is 10.6 Å². The first-order chi connectivity index (χ1) is 11.0. The van der Waals surface area contributed by atoms with Gasteiger partial charge in [-0.25, -0.2) is 4.98 Å². The standard InChI is InChI=1S/C14H11BrN4O2S2/c1-7-11(23-14(17-7)8-2-3-22-6-8)13(21)19-18-12(20)10-4-9(15)5-16-10/h2-6,16H,1H3,(H,18,20)(H,19,21). The van der Waals surface area contributed by atoms with Crippen LogP contribution >= 0.6 is 38.6 Å². The van der Waals surface area contributed by atoms with Crippen molar-refractivity contribution >= 4 is 50.4 Å². The Labute approximate surface area is 148 Å². The van der Waals surface area contributed by atoms with Crippen molar-refractivity contribution in [3.8, 4) is 10.6 Å². The van der Waals surface area contributed by atoms with Crippen LogP contribution in [0, 0.1) is 6.92 Å². The zero-order valence-corrected chi connectivity index (χ0v) is 15.1. The summed E-state index contributed by atoms with van der Waals surface area (Å²) in [6.45, 7) is 1.77. The number of H-pyrrole nitrogens is 1. The highest BCUT2D eigenvalue weighted by Crippen LogP contribution is 2.29. The molecule has 0 aliphatic rings. The lowest BCUT2D eigenvalue weighted by Crippen LogP contribution is -2.41. The Balaban J connectivity index is 1.68. The molecule has 2 amide bonds. The number of hydrogen-bond donors (Lipinski definition) is 3. The number of rotatable bonds is 3. The molecule has 3 heterocycles. The Morgan fingerprint density at radius 2 is 2.09 bits per heavy atom. The van der Waals surface area contributed by atoms with Gasteiger partial charge in [0.1, 0.15) is 15.6 Å². The molecule has 0 aliphatic heterocycles. The number of carbonyl (C=O) groups is 2. The highest BCUT2D eigenvalue weighted by atomic mass is 79.9. The van der Waals surface area contributed by atoms with Crippen LogP contribution in [-0.2, 0) is 0 Å². The third-order valence-electron chi connectivity index (χ3n) is 2.95. The van der Waals surface area contributed by atoms with E-state index in [9.17, 15) is 9.59 Å². The molecule has 9 heteroatoms. The summed E-state index contributed by atoms with van der Waals surface area (Å²) in [5, 5.41) is 4.72. The van der Waals surface area contributed by atoms with E-state index in [1.165, 1.54) is 11.3 Å². The van der Waals surface area contributed by atoms with E-state index >= 15 is 0 Å². The maximum Gasteiger partial charge on any atom is 0.286 e. The van der Waals surface area contributed by atoms with Crippen LogP contribution in [0.4, 0.5) is 0 Å². The molecule has 118 valence electrons. The van der Waals surface area contributed by atoms with E-state index in [-0.39, 0.29) is 5.91 Å². The van der Waals surface area contributed by atoms with Gasteiger partial charge in [0.05, 0.1) is 5.69 Å². The minimum absolute atomic E-state index is 0.345. The second-order valence-corrected chi connectivity index (χ2v) is 7.28. The van der Waals surface area contributed by atoms with Gasteiger partial charge in [0, 0.05) is 21.6 Å². The van der Waals surface area contributed by atoms with Gasteiger partial charge in [0.25, 0.3) is 11.8 Å². The summed E-state index contributed by atoms with van der Waals surface area (Å²) in [4.78, 5) is 31.8. The van der Waals surface area contributed by atoms with Crippen LogP contribution in [0.3, 0.4) is 0 Å². The van der Waals surface area contributed by atoms with Crippen molar-refractivity contribution < 1.29 is 9.59 Å². The van der Waals surface area contributed by atoms with E-state index < -0.39 is 5.91 Å². The zero-order valence-electron chi connectivity index (χ0n) is 11.8. The summed E-state index contributed by atoms with van der Waals surface area (Å²) in [6.07, 6.45) is 1.64. The molecule has 3 rings (SSSR count). The fraction of sp³-hybridized carbons (Fsp3) is 0.0714. The molecular formula is C14H11BrN4O2S2. The first kappa shape index (κ1) is 15.9. The summed E-state index contributed by atoms with van der Waals surface area (Å²) < 4.78 is 0.757. The minimum atomic E-state index is -0.427. The highest BCUT2D eigenvalue weighted by Gasteiger charge is 2.17. The van der Waals surface area contributed by atoms with Gasteiger partial charge in [-0.3, -0.25) is 20.4 Å². The smallest absolute Gasteiger partial charge is 0.286 e. The monoisotopic (exact) mass is 410 g/mol. The number of amides is 2. The number of carbonyl (C=O) groups excluding carboxylic acids is 2. The lowest BCUT2D eigenvalue weighted by atomic mass is 10.3. The largest absolute Gasteiger partial charge is 0.356 e. The summed E-state index contributed by atoms with van der Waals surface area (Å²) in [5.74, 6) is -0.815. The van der Waals surface area contributed by atoms with E-state index in [0.29, 0.717) is 16.3 Å². The zero-order chi connectivity index (χ0) is 16.4. The molecule has 0 radical (unpaired) electrons. The quantitative estimate of drug-likeness (QED) is 0.578. The molecule has 3 aromatic heterocycles. The molecule has 0 bridgehead atoms. The average Bonchev–Trinajstić information content (AvgIpc) is 3.24. The average molecular weight is 411 g/mol. The van der Waals surface area contributed by atoms with Crippen molar-refractivity contribution in [3.05, 3.63) is 49.8 Å². The Morgan fingerprint density at radius 1 is 1.30 bits per heavy atom. The Kier molecular flexibility index (Phi) is 4.60. The number of nitrogens with zero attached hydrogens (tertiary/aromatic N) is 1. The number of aromatic amines is 1. The molecule has 0 unspecified atom stereocenters. The number of thiazole rings is 1. The van der Waals surface area contributed by atoms with Gasteiger partial charge in [0.2, 0.25) is 0 Å². The Bertz CT molecular complexity index is 854. The summed E-state index contributed by atoms with van der Waals surface area (Å²) >= 11 is 6.11. The van der Waals surface area contributed by atoms with Crippen molar-refractivity contribution in [2.75, 3.05) is 0 Å². The molecule has 0 aliphatic carbocycles. The van der Waals surface area contributed by atoms with Crippen LogP contribution in [-0.4, -0.2) is 21.8 Å². The van der Waals surface area contributed by atoms with Crippen LogP contribution < -0.4 is 10.9 Å². The molecular weight excluding hydrogens is 400 g/mol. The molecule has 0 spiro atoms. The second kappa shape index (κ2) is 6.65. The van der Waals surface area contributed by atoms with Gasteiger partial charge in [0.15, 0.2) is 0 Å². The summed E-state index contributed by atoms with van der Waals surface area (Å²) in [5.41, 5.74) is 6.74. The van der Waals surface area contributed by atoms with Crippen LogP contribution in [0.5, 0.6) is 0 Å². The van der Waals surface area contributed by atoms with Gasteiger partial charge >= 0.3 is 0 Å². The molecule has 0 saturated heterocycles. The molecule has 0 atom stereocenters. The summed E-state index contributed by atoms with van der Waals surface area (Å²) in [6, 6.07) is 3.57. The van der Waals surface area contributed by atoms with Gasteiger partial charge < -0.3 is 4.98 Å². The number of aromatic nitrogens is 2. The van der Waals surface area contributed by atoms with E-state index in [1.54, 1.807) is 30.5 Å². The predicted octanol–water partition coefficient (Wildman–Crippen LogP) is 3.35. The third kappa shape index (κ3) is 3.52. The van der Waals surface area contributed by atoms with Crippen LogP contribution in [0.15, 0.2) is 33.6 Å². The Morgan fingerprint density at radius 3 is 2.74 bits per heavy atom. The van der Waals surface area contributed by atoms with Crippen molar-refractivity contribution in [3.63, 3.8) is 0 Å². The van der Waals surface area contributed by atoms with E-state index in [2.05, 4.69) is 36.7 Å². The molecule has 0 fully saturated rings.